The van der Waals surface area contributed by atoms with Crippen LogP contribution in [0.3, 0.4) is 0 Å². The molecule has 7 heteroatoms. The topological polar surface area (TPSA) is 93.1 Å². The molecule has 2 aromatic heterocycles. The van der Waals surface area contributed by atoms with Gasteiger partial charge < -0.3 is 15.2 Å². The lowest BCUT2D eigenvalue weighted by molar-refractivity contribution is -0.122. The molecule has 2 amide bonds. The third-order valence-electron chi connectivity index (χ3n) is 6.23. The Bertz CT molecular complexity index is 1210. The molecule has 0 bridgehead atoms. The van der Waals surface area contributed by atoms with Crippen molar-refractivity contribution >= 4 is 11.8 Å². The van der Waals surface area contributed by atoms with Crippen molar-refractivity contribution in [2.24, 2.45) is 0 Å². The molecule has 0 spiro atoms. The first-order valence-electron chi connectivity index (χ1n) is 11.8. The fourth-order valence-corrected chi connectivity index (χ4v) is 4.42. The van der Waals surface area contributed by atoms with Crippen LogP contribution in [0.4, 0.5) is 0 Å². The zero-order chi connectivity index (χ0) is 23.9. The normalized spacial score (nSPS) is 15.9. The van der Waals surface area contributed by atoms with Gasteiger partial charge in [-0.3, -0.25) is 19.4 Å². The van der Waals surface area contributed by atoms with Gasteiger partial charge in [0.25, 0.3) is 5.91 Å². The molecule has 0 aliphatic carbocycles. The van der Waals surface area contributed by atoms with Gasteiger partial charge in [-0.05, 0) is 56.7 Å². The smallest absolute Gasteiger partial charge is 0.257 e. The fraction of sp³-hybridized carbons (Fsp3) is 0.333. The number of carbonyl (C=O) groups excluding carboxylic acids is 2. The lowest BCUT2D eigenvalue weighted by Crippen LogP contribution is -2.47. The van der Waals surface area contributed by atoms with Gasteiger partial charge in [0.2, 0.25) is 5.91 Å². The number of aromatic nitrogens is 2. The average Bonchev–Trinajstić information content (AvgIpc) is 3.04. The Morgan fingerprint density at radius 2 is 1.88 bits per heavy atom. The summed E-state index contributed by atoms with van der Waals surface area (Å²) in [5.74, 6) is -0.692. The van der Waals surface area contributed by atoms with E-state index < -0.39 is 11.9 Å². The Balaban J connectivity index is 1.72. The molecule has 1 atom stereocenters. The van der Waals surface area contributed by atoms with Crippen LogP contribution in [0.25, 0.3) is 0 Å². The van der Waals surface area contributed by atoms with Crippen LogP contribution in [0.15, 0.2) is 65.6 Å². The van der Waals surface area contributed by atoms with E-state index in [4.69, 9.17) is 0 Å². The van der Waals surface area contributed by atoms with Gasteiger partial charge in [-0.15, -0.1) is 0 Å². The van der Waals surface area contributed by atoms with E-state index >= 15 is 0 Å². The summed E-state index contributed by atoms with van der Waals surface area (Å²) >= 11 is 0. The minimum atomic E-state index is -0.637. The highest BCUT2D eigenvalue weighted by molar-refractivity contribution is 5.98. The molecule has 0 radical (unpaired) electrons. The maximum absolute atomic E-state index is 13.4. The zero-order valence-corrected chi connectivity index (χ0v) is 19.4. The Morgan fingerprint density at radius 3 is 2.65 bits per heavy atom. The second-order valence-corrected chi connectivity index (χ2v) is 8.68. The SMILES string of the molecule is Cc1cc(=O)c(C(=O)N[C@H]2CCCCNC2=O)c(CCc2ccccc2)n1Cc1ccccn1. The van der Waals surface area contributed by atoms with Crippen molar-refractivity contribution in [1.29, 1.82) is 0 Å². The predicted octanol–water partition coefficient (Wildman–Crippen LogP) is 2.78. The van der Waals surface area contributed by atoms with Crippen LogP contribution in [0.2, 0.25) is 0 Å². The summed E-state index contributed by atoms with van der Waals surface area (Å²) in [7, 11) is 0. The van der Waals surface area contributed by atoms with E-state index in [1.807, 2.05) is 60.0 Å². The van der Waals surface area contributed by atoms with Gasteiger partial charge in [-0.2, -0.15) is 0 Å². The van der Waals surface area contributed by atoms with Crippen molar-refractivity contribution in [3.05, 3.63) is 99.2 Å². The fourth-order valence-electron chi connectivity index (χ4n) is 4.42. The number of aryl methyl sites for hydroxylation is 2. The van der Waals surface area contributed by atoms with E-state index in [-0.39, 0.29) is 16.9 Å². The molecule has 34 heavy (non-hydrogen) atoms. The minimum Gasteiger partial charge on any atom is -0.354 e. The quantitative estimate of drug-likeness (QED) is 0.569. The second-order valence-electron chi connectivity index (χ2n) is 8.68. The zero-order valence-electron chi connectivity index (χ0n) is 19.4. The van der Waals surface area contributed by atoms with E-state index in [1.165, 1.54) is 6.07 Å². The Hall–Kier alpha value is -3.74. The van der Waals surface area contributed by atoms with Crippen molar-refractivity contribution < 1.29 is 9.59 Å². The highest BCUT2D eigenvalue weighted by atomic mass is 16.2. The number of nitrogens with zero attached hydrogens (tertiary/aromatic N) is 2. The van der Waals surface area contributed by atoms with Crippen LogP contribution in [-0.4, -0.2) is 34.0 Å². The largest absolute Gasteiger partial charge is 0.354 e. The van der Waals surface area contributed by atoms with Crippen molar-refractivity contribution in [3.63, 3.8) is 0 Å². The number of amides is 2. The first kappa shape index (κ1) is 23.4. The predicted molar refractivity (Wildman–Crippen MR) is 131 cm³/mol. The first-order valence-corrected chi connectivity index (χ1v) is 11.8. The molecule has 0 unspecified atom stereocenters. The number of hydrogen-bond acceptors (Lipinski definition) is 4. The van der Waals surface area contributed by atoms with E-state index in [1.54, 1.807) is 6.20 Å². The van der Waals surface area contributed by atoms with Crippen molar-refractivity contribution in [2.75, 3.05) is 6.54 Å². The van der Waals surface area contributed by atoms with Gasteiger partial charge in [0.1, 0.15) is 11.6 Å². The van der Waals surface area contributed by atoms with Gasteiger partial charge in [0, 0.05) is 30.2 Å². The van der Waals surface area contributed by atoms with Crippen LogP contribution >= 0.6 is 0 Å². The third kappa shape index (κ3) is 5.60. The number of hydrogen-bond donors (Lipinski definition) is 2. The lowest BCUT2D eigenvalue weighted by atomic mass is 10.0. The van der Waals surface area contributed by atoms with Gasteiger partial charge in [-0.25, -0.2) is 0 Å². The Morgan fingerprint density at radius 1 is 1.09 bits per heavy atom. The number of rotatable bonds is 7. The summed E-state index contributed by atoms with van der Waals surface area (Å²) in [6.07, 6.45) is 5.19. The number of benzene rings is 1. The molecule has 4 rings (SSSR count). The molecule has 1 aliphatic heterocycles. The molecule has 3 aromatic rings. The molecule has 1 aromatic carbocycles. The van der Waals surface area contributed by atoms with Crippen molar-refractivity contribution in [2.45, 2.75) is 51.6 Å². The molecule has 7 nitrogen and oxygen atoms in total. The summed E-state index contributed by atoms with van der Waals surface area (Å²) in [6.45, 7) is 2.92. The van der Waals surface area contributed by atoms with Gasteiger partial charge in [-0.1, -0.05) is 36.4 Å². The molecule has 0 saturated carbocycles. The standard InChI is InChI=1S/C27H30N4O3/c1-19-17-24(32)25(27(34)30-22-12-6-8-16-29-26(22)33)23(14-13-20-9-3-2-4-10-20)31(19)18-21-11-5-7-15-28-21/h2-5,7,9-11,15,17,22H,6,8,12-14,16,18H2,1H3,(H,29,33)(H,30,34)/t22-/m0/s1. The molecule has 1 saturated heterocycles. The summed E-state index contributed by atoms with van der Waals surface area (Å²) < 4.78 is 1.99. The molecule has 3 heterocycles. The summed E-state index contributed by atoms with van der Waals surface area (Å²) in [6, 6.07) is 16.5. The van der Waals surface area contributed by atoms with Crippen LogP contribution < -0.4 is 16.1 Å². The van der Waals surface area contributed by atoms with E-state index in [2.05, 4.69) is 15.6 Å². The van der Waals surface area contributed by atoms with Crippen LogP contribution in [0.5, 0.6) is 0 Å². The van der Waals surface area contributed by atoms with Gasteiger partial charge in [0.15, 0.2) is 5.43 Å². The van der Waals surface area contributed by atoms with Gasteiger partial charge in [0.05, 0.1) is 12.2 Å². The number of nitrogens with one attached hydrogen (secondary N) is 2. The maximum atomic E-state index is 13.4. The van der Waals surface area contributed by atoms with Gasteiger partial charge >= 0.3 is 0 Å². The third-order valence-corrected chi connectivity index (χ3v) is 6.23. The van der Waals surface area contributed by atoms with E-state index in [0.29, 0.717) is 38.0 Å². The molecule has 1 aliphatic rings. The Labute approximate surface area is 199 Å². The van der Waals surface area contributed by atoms with Crippen LogP contribution in [-0.2, 0) is 24.2 Å². The summed E-state index contributed by atoms with van der Waals surface area (Å²) in [4.78, 5) is 43.4. The molecular weight excluding hydrogens is 428 g/mol. The number of pyridine rings is 2. The van der Waals surface area contributed by atoms with Crippen molar-refractivity contribution in [3.8, 4) is 0 Å². The number of carbonyl (C=O) groups is 2. The van der Waals surface area contributed by atoms with E-state index in [9.17, 15) is 14.4 Å². The lowest BCUT2D eigenvalue weighted by Gasteiger charge is -2.21. The average molecular weight is 459 g/mol. The van der Waals surface area contributed by atoms with E-state index in [0.717, 1.165) is 29.8 Å². The van der Waals surface area contributed by atoms with Crippen molar-refractivity contribution in [1.82, 2.24) is 20.2 Å². The first-order chi connectivity index (χ1) is 16.5. The summed E-state index contributed by atoms with van der Waals surface area (Å²) in [5, 5.41) is 5.67. The van der Waals surface area contributed by atoms with Crippen LogP contribution in [0, 0.1) is 6.92 Å². The molecule has 176 valence electrons. The maximum Gasteiger partial charge on any atom is 0.257 e. The molecule has 1 fully saturated rings. The summed E-state index contributed by atoms with van der Waals surface area (Å²) in [5.41, 5.74) is 3.16. The Kier molecular flexibility index (Phi) is 7.52. The highest BCUT2D eigenvalue weighted by Crippen LogP contribution is 2.16. The molecular formula is C27H30N4O3. The minimum absolute atomic E-state index is 0.106. The highest BCUT2D eigenvalue weighted by Gasteiger charge is 2.26. The van der Waals surface area contributed by atoms with Crippen LogP contribution in [0.1, 0.15) is 52.3 Å². The monoisotopic (exact) mass is 458 g/mol. The second kappa shape index (κ2) is 10.9. The molecule has 2 N–H and O–H groups in total.